The number of benzene rings is 2. The van der Waals surface area contributed by atoms with Crippen LogP contribution in [-0.4, -0.2) is 43.8 Å². The molecule has 0 N–H and O–H groups in total. The highest BCUT2D eigenvalue weighted by atomic mass is 16.5. The van der Waals surface area contributed by atoms with Crippen LogP contribution in [0.1, 0.15) is 29.9 Å². The Morgan fingerprint density at radius 3 is 2.72 bits per heavy atom. The lowest BCUT2D eigenvalue weighted by molar-refractivity contribution is 0.124. The minimum Gasteiger partial charge on any atom is -0.493 e. The van der Waals surface area contributed by atoms with Crippen molar-refractivity contribution in [3.05, 3.63) is 59.5 Å². The molecule has 1 aliphatic rings. The summed E-state index contributed by atoms with van der Waals surface area (Å²) in [7, 11) is 3.26. The number of nitrogens with zero attached hydrogens (tertiary/aromatic N) is 2. The summed E-state index contributed by atoms with van der Waals surface area (Å²) in [6, 6.07) is 14.0. The van der Waals surface area contributed by atoms with Gasteiger partial charge in [0.2, 0.25) is 5.89 Å². The smallest absolute Gasteiger partial charge is 0.230 e. The monoisotopic (exact) mass is 436 g/mol. The normalized spacial score (nSPS) is 16.7. The first-order chi connectivity index (χ1) is 15.6. The van der Waals surface area contributed by atoms with Crippen molar-refractivity contribution >= 4 is 0 Å². The molecule has 3 aromatic rings. The lowest BCUT2D eigenvalue weighted by Gasteiger charge is -2.32. The number of aromatic nitrogens is 1. The molecule has 0 amide bonds. The van der Waals surface area contributed by atoms with E-state index in [4.69, 9.17) is 23.6 Å². The second-order valence-corrected chi connectivity index (χ2v) is 8.43. The molecule has 2 heterocycles. The van der Waals surface area contributed by atoms with E-state index in [-0.39, 0.29) is 0 Å². The Bertz CT molecular complexity index is 1050. The Balaban J connectivity index is 1.42. The molecule has 0 aliphatic carbocycles. The van der Waals surface area contributed by atoms with Gasteiger partial charge >= 0.3 is 0 Å². The van der Waals surface area contributed by atoms with Crippen LogP contribution in [0, 0.1) is 19.8 Å². The Kier molecular flexibility index (Phi) is 7.00. The molecule has 1 fully saturated rings. The van der Waals surface area contributed by atoms with E-state index in [1.807, 2.05) is 37.3 Å². The fourth-order valence-corrected chi connectivity index (χ4v) is 4.31. The molecule has 4 rings (SSSR count). The van der Waals surface area contributed by atoms with Crippen molar-refractivity contribution in [1.29, 1.82) is 0 Å². The Labute approximate surface area is 190 Å². The summed E-state index contributed by atoms with van der Waals surface area (Å²) in [5.74, 6) is 4.15. The molecule has 0 unspecified atom stereocenters. The van der Waals surface area contributed by atoms with Gasteiger partial charge in [-0.05, 0) is 63.1 Å². The second kappa shape index (κ2) is 10.1. The van der Waals surface area contributed by atoms with Crippen molar-refractivity contribution in [1.82, 2.24) is 9.88 Å². The number of hydrogen-bond donors (Lipinski definition) is 0. The number of likely N-dealkylation sites (tertiary alicyclic amines) is 1. The average molecular weight is 437 g/mol. The average Bonchev–Trinajstić information content (AvgIpc) is 3.17. The molecule has 1 aromatic heterocycles. The molecule has 170 valence electrons. The minimum atomic E-state index is 0.509. The van der Waals surface area contributed by atoms with Crippen molar-refractivity contribution in [2.24, 2.45) is 5.92 Å². The van der Waals surface area contributed by atoms with E-state index in [9.17, 15) is 0 Å². The molecule has 2 aromatic carbocycles. The molecule has 0 radical (unpaired) electrons. The molecule has 0 bridgehead atoms. The Hall–Kier alpha value is -2.99. The van der Waals surface area contributed by atoms with E-state index in [1.165, 1.54) is 12.0 Å². The topological polar surface area (TPSA) is 57.0 Å². The largest absolute Gasteiger partial charge is 0.493 e. The third-order valence-electron chi connectivity index (χ3n) is 5.98. The van der Waals surface area contributed by atoms with Gasteiger partial charge in [-0.15, -0.1) is 0 Å². The van der Waals surface area contributed by atoms with Crippen LogP contribution in [0.25, 0.3) is 11.5 Å². The fourth-order valence-electron chi connectivity index (χ4n) is 4.31. The van der Waals surface area contributed by atoms with E-state index in [1.54, 1.807) is 14.2 Å². The van der Waals surface area contributed by atoms with Crippen LogP contribution in [0.5, 0.6) is 17.2 Å². The molecule has 1 aliphatic heterocycles. The predicted octanol–water partition coefficient (Wildman–Crippen LogP) is 5.27. The zero-order valence-corrected chi connectivity index (χ0v) is 19.4. The second-order valence-electron chi connectivity index (χ2n) is 8.43. The minimum absolute atomic E-state index is 0.509. The summed E-state index contributed by atoms with van der Waals surface area (Å²) in [5.41, 5.74) is 2.98. The Morgan fingerprint density at radius 1 is 1.09 bits per heavy atom. The molecule has 0 spiro atoms. The van der Waals surface area contributed by atoms with Gasteiger partial charge in [0.05, 0.1) is 32.1 Å². The molecule has 0 saturated carbocycles. The first-order valence-corrected chi connectivity index (χ1v) is 11.2. The first kappa shape index (κ1) is 22.2. The molecular formula is C26H32N2O4. The van der Waals surface area contributed by atoms with E-state index < -0.39 is 0 Å². The quantitative estimate of drug-likeness (QED) is 0.480. The molecule has 6 nitrogen and oxygen atoms in total. The maximum Gasteiger partial charge on any atom is 0.230 e. The Morgan fingerprint density at radius 2 is 1.94 bits per heavy atom. The van der Waals surface area contributed by atoms with Crippen LogP contribution in [0.3, 0.4) is 0 Å². The highest BCUT2D eigenvalue weighted by molar-refractivity contribution is 5.68. The summed E-state index contributed by atoms with van der Waals surface area (Å²) in [6.45, 7) is 7.62. The number of hydrogen-bond acceptors (Lipinski definition) is 6. The van der Waals surface area contributed by atoms with Crippen molar-refractivity contribution < 1.29 is 18.6 Å². The number of aryl methyl sites for hydroxylation is 2. The van der Waals surface area contributed by atoms with Crippen molar-refractivity contribution in [2.45, 2.75) is 33.2 Å². The van der Waals surface area contributed by atoms with Crippen molar-refractivity contribution in [3.8, 4) is 28.7 Å². The summed E-state index contributed by atoms with van der Waals surface area (Å²) in [4.78, 5) is 7.26. The van der Waals surface area contributed by atoms with Gasteiger partial charge in [-0.2, -0.15) is 0 Å². The summed E-state index contributed by atoms with van der Waals surface area (Å²) in [5, 5.41) is 0. The number of para-hydroxylation sites is 1. The van der Waals surface area contributed by atoms with Gasteiger partial charge in [0, 0.05) is 19.0 Å². The molecule has 1 atom stereocenters. The number of methoxy groups -OCH3 is 2. The van der Waals surface area contributed by atoms with Gasteiger partial charge in [0.15, 0.2) is 11.5 Å². The predicted molar refractivity (Wildman–Crippen MR) is 124 cm³/mol. The first-order valence-electron chi connectivity index (χ1n) is 11.2. The lowest BCUT2D eigenvalue weighted by atomic mass is 9.99. The van der Waals surface area contributed by atoms with Crippen LogP contribution in [-0.2, 0) is 6.54 Å². The molecule has 32 heavy (non-hydrogen) atoms. The maximum atomic E-state index is 6.07. The summed E-state index contributed by atoms with van der Waals surface area (Å²) in [6.07, 6.45) is 2.35. The number of rotatable bonds is 8. The van der Waals surface area contributed by atoms with Crippen LogP contribution >= 0.6 is 0 Å². The van der Waals surface area contributed by atoms with Crippen LogP contribution < -0.4 is 14.2 Å². The van der Waals surface area contributed by atoms with Gasteiger partial charge < -0.3 is 18.6 Å². The molecular weight excluding hydrogens is 404 g/mol. The fraction of sp³-hybridized carbons (Fsp3) is 0.423. The van der Waals surface area contributed by atoms with E-state index in [2.05, 4.69) is 24.0 Å². The van der Waals surface area contributed by atoms with Crippen LogP contribution in [0.2, 0.25) is 0 Å². The van der Waals surface area contributed by atoms with Gasteiger partial charge in [0.1, 0.15) is 11.5 Å². The van der Waals surface area contributed by atoms with Gasteiger partial charge in [-0.3, -0.25) is 4.90 Å². The number of ether oxygens (including phenoxy) is 3. The SMILES string of the molecule is COc1cccc(-c2nc(CN3CCC[C@H](COc4cccc(C)c4)C3)c(C)o2)c1OC. The van der Waals surface area contributed by atoms with Gasteiger partial charge in [-0.25, -0.2) is 4.98 Å². The lowest BCUT2D eigenvalue weighted by Crippen LogP contribution is -2.37. The molecule has 6 heteroatoms. The number of oxazole rings is 1. The van der Waals surface area contributed by atoms with E-state index in [0.29, 0.717) is 23.3 Å². The zero-order valence-electron chi connectivity index (χ0n) is 19.4. The maximum absolute atomic E-state index is 6.07. The van der Waals surface area contributed by atoms with Crippen molar-refractivity contribution in [2.75, 3.05) is 33.9 Å². The van der Waals surface area contributed by atoms with Crippen LogP contribution in [0.4, 0.5) is 0 Å². The standard InChI is InChI=1S/C26H32N2O4/c1-18-8-5-10-21(14-18)31-17-20-9-7-13-28(15-20)16-23-19(2)32-26(27-23)22-11-6-12-24(29-3)25(22)30-4/h5-6,8,10-12,14,20H,7,9,13,15-17H2,1-4H3/t20-/m0/s1. The third kappa shape index (κ3) is 5.07. The van der Waals surface area contributed by atoms with Crippen molar-refractivity contribution in [3.63, 3.8) is 0 Å². The molecule has 1 saturated heterocycles. The summed E-state index contributed by atoms with van der Waals surface area (Å²) < 4.78 is 23.1. The van der Waals surface area contributed by atoms with Gasteiger partial charge in [0.25, 0.3) is 0 Å². The van der Waals surface area contributed by atoms with E-state index >= 15 is 0 Å². The highest BCUT2D eigenvalue weighted by Crippen LogP contribution is 2.38. The summed E-state index contributed by atoms with van der Waals surface area (Å²) >= 11 is 0. The number of piperidine rings is 1. The van der Waals surface area contributed by atoms with Crippen LogP contribution in [0.15, 0.2) is 46.9 Å². The third-order valence-corrected chi connectivity index (χ3v) is 5.98. The highest BCUT2D eigenvalue weighted by Gasteiger charge is 2.24. The zero-order chi connectivity index (χ0) is 22.5. The van der Waals surface area contributed by atoms with Gasteiger partial charge in [-0.1, -0.05) is 18.2 Å². The van der Waals surface area contributed by atoms with E-state index in [0.717, 1.165) is 55.4 Å².